The molecule has 0 bridgehead atoms. The molecule has 1 aliphatic heterocycles. The van der Waals surface area contributed by atoms with Crippen LogP contribution in [0.3, 0.4) is 0 Å². The molecule has 4 aromatic rings. The second-order valence-corrected chi connectivity index (χ2v) is 10.4. The maximum Gasteiger partial charge on any atom is 0.308 e. The number of aliphatic hydroxyl groups excluding tert-OH is 1. The van der Waals surface area contributed by atoms with Crippen LogP contribution >= 0.6 is 0 Å². The van der Waals surface area contributed by atoms with Gasteiger partial charge in [0.15, 0.2) is 0 Å². The molecule has 212 valence electrons. The van der Waals surface area contributed by atoms with Crippen molar-refractivity contribution in [2.75, 3.05) is 11.1 Å². The Kier molecular flexibility index (Phi) is 8.11. The molecule has 3 heterocycles. The predicted octanol–water partition coefficient (Wildman–Crippen LogP) is 5.17. The van der Waals surface area contributed by atoms with Gasteiger partial charge >= 0.3 is 5.97 Å². The Labute approximate surface area is 237 Å². The number of halogens is 1. The lowest BCUT2D eigenvalue weighted by molar-refractivity contribution is -0.160. The third-order valence-corrected chi connectivity index (χ3v) is 7.07. The van der Waals surface area contributed by atoms with Crippen molar-refractivity contribution >= 4 is 23.5 Å². The standard InChI is InChI=1S/C31H32FN5O4/c1-18(2)28-27(30(40)35-21-6-4-3-5-7-21)26(24-12-14-34-31(33)36-24)29(19-8-10-20(32)11-9-19)37(28)15-13-23-16-22(38)17-25(39)41-23/h3-12,14,18,22-23,38H,13,15-17H2,1-2H3,(H,35,40)(H2,33,34,36)/t22-,23-/m0/s1. The van der Waals surface area contributed by atoms with Gasteiger partial charge in [-0.15, -0.1) is 0 Å². The van der Waals surface area contributed by atoms with Gasteiger partial charge in [0.25, 0.3) is 5.91 Å². The van der Waals surface area contributed by atoms with E-state index in [0.29, 0.717) is 53.2 Å². The van der Waals surface area contributed by atoms with Gasteiger partial charge in [-0.3, -0.25) is 9.59 Å². The summed E-state index contributed by atoms with van der Waals surface area (Å²) in [5, 5.41) is 13.2. The number of benzene rings is 2. The van der Waals surface area contributed by atoms with Gasteiger partial charge in [-0.25, -0.2) is 14.4 Å². The highest BCUT2D eigenvalue weighted by Gasteiger charge is 2.33. The molecular formula is C31H32FN5O4. The molecule has 0 spiro atoms. The Morgan fingerprint density at radius 3 is 2.56 bits per heavy atom. The second kappa shape index (κ2) is 11.9. The van der Waals surface area contributed by atoms with Crippen LogP contribution in [0.2, 0.25) is 0 Å². The minimum absolute atomic E-state index is 0.0266. The number of rotatable bonds is 8. The van der Waals surface area contributed by atoms with E-state index in [4.69, 9.17) is 10.5 Å². The van der Waals surface area contributed by atoms with Crippen molar-refractivity contribution in [1.29, 1.82) is 0 Å². The van der Waals surface area contributed by atoms with Gasteiger partial charge in [0.1, 0.15) is 11.9 Å². The summed E-state index contributed by atoms with van der Waals surface area (Å²) in [7, 11) is 0. The molecule has 2 aromatic heterocycles. The molecule has 4 N–H and O–H groups in total. The van der Waals surface area contributed by atoms with Crippen molar-refractivity contribution in [3.8, 4) is 22.5 Å². The molecule has 9 nitrogen and oxygen atoms in total. The number of nitrogens with one attached hydrogen (secondary N) is 1. The number of aromatic nitrogens is 3. The summed E-state index contributed by atoms with van der Waals surface area (Å²) in [4.78, 5) is 34.6. The molecule has 1 saturated heterocycles. The van der Waals surface area contributed by atoms with Crippen molar-refractivity contribution in [1.82, 2.24) is 14.5 Å². The molecule has 0 radical (unpaired) electrons. The number of carbonyl (C=O) groups is 2. The largest absolute Gasteiger partial charge is 0.462 e. The summed E-state index contributed by atoms with van der Waals surface area (Å²) in [6, 6.07) is 16.9. The fourth-order valence-corrected chi connectivity index (χ4v) is 5.40. The van der Waals surface area contributed by atoms with Crippen molar-refractivity contribution < 1.29 is 23.8 Å². The monoisotopic (exact) mass is 557 g/mol. The molecule has 0 unspecified atom stereocenters. The number of amides is 1. The summed E-state index contributed by atoms with van der Waals surface area (Å²) in [5.41, 5.74) is 10.0. The lowest BCUT2D eigenvalue weighted by Gasteiger charge is -2.27. The summed E-state index contributed by atoms with van der Waals surface area (Å²) in [6.07, 6.45) is 0.970. The molecule has 0 aliphatic carbocycles. The van der Waals surface area contributed by atoms with E-state index in [-0.39, 0.29) is 24.2 Å². The summed E-state index contributed by atoms with van der Waals surface area (Å²) in [5.74, 6) is -1.26. The van der Waals surface area contributed by atoms with E-state index in [1.165, 1.54) is 18.3 Å². The zero-order valence-electron chi connectivity index (χ0n) is 22.9. The first-order chi connectivity index (χ1) is 19.7. The third kappa shape index (κ3) is 6.12. The van der Waals surface area contributed by atoms with Gasteiger partial charge in [-0.2, -0.15) is 0 Å². The third-order valence-electron chi connectivity index (χ3n) is 7.07. The minimum atomic E-state index is -0.765. The fourth-order valence-electron chi connectivity index (χ4n) is 5.40. The van der Waals surface area contributed by atoms with Crippen LogP contribution in [-0.4, -0.2) is 43.7 Å². The lowest BCUT2D eigenvalue weighted by atomic mass is 9.97. The number of nitrogens with two attached hydrogens (primary N) is 1. The highest BCUT2D eigenvalue weighted by molar-refractivity contribution is 6.12. The molecule has 2 aromatic carbocycles. The number of nitrogen functional groups attached to an aromatic ring is 1. The number of nitrogens with zero attached hydrogens (tertiary/aromatic N) is 3. The number of aliphatic hydroxyl groups is 1. The normalized spacial score (nSPS) is 17.0. The Morgan fingerprint density at radius 1 is 1.17 bits per heavy atom. The summed E-state index contributed by atoms with van der Waals surface area (Å²) in [6.45, 7) is 4.33. The molecule has 41 heavy (non-hydrogen) atoms. The van der Waals surface area contributed by atoms with E-state index in [9.17, 15) is 19.1 Å². The van der Waals surface area contributed by atoms with Crippen LogP contribution in [0.15, 0.2) is 66.9 Å². The van der Waals surface area contributed by atoms with Crippen molar-refractivity contribution in [2.45, 2.75) is 57.8 Å². The Balaban J connectivity index is 1.73. The first kappa shape index (κ1) is 28.0. The molecule has 0 saturated carbocycles. The van der Waals surface area contributed by atoms with Crippen LogP contribution in [0.4, 0.5) is 16.0 Å². The van der Waals surface area contributed by atoms with Crippen molar-refractivity contribution in [2.24, 2.45) is 0 Å². The van der Waals surface area contributed by atoms with Crippen molar-refractivity contribution in [3.63, 3.8) is 0 Å². The van der Waals surface area contributed by atoms with Gasteiger partial charge in [0.05, 0.1) is 29.5 Å². The maximum absolute atomic E-state index is 14.1. The topological polar surface area (TPSA) is 132 Å². The van der Waals surface area contributed by atoms with E-state index in [2.05, 4.69) is 15.3 Å². The molecule has 1 aliphatic rings. The highest BCUT2D eigenvalue weighted by Crippen LogP contribution is 2.42. The first-order valence-electron chi connectivity index (χ1n) is 13.6. The second-order valence-electron chi connectivity index (χ2n) is 10.4. The van der Waals surface area contributed by atoms with Gasteiger partial charge in [0.2, 0.25) is 5.95 Å². The quantitative estimate of drug-likeness (QED) is 0.255. The average molecular weight is 558 g/mol. The van der Waals surface area contributed by atoms with E-state index < -0.39 is 24.0 Å². The number of esters is 1. The minimum Gasteiger partial charge on any atom is -0.462 e. The van der Waals surface area contributed by atoms with E-state index >= 15 is 0 Å². The van der Waals surface area contributed by atoms with Crippen LogP contribution < -0.4 is 11.1 Å². The Hall–Kier alpha value is -4.57. The van der Waals surface area contributed by atoms with Gasteiger partial charge in [0, 0.05) is 42.5 Å². The highest BCUT2D eigenvalue weighted by atomic mass is 19.1. The molecule has 5 rings (SSSR count). The number of hydrogen-bond acceptors (Lipinski definition) is 7. The van der Waals surface area contributed by atoms with Crippen LogP contribution in [0.1, 0.15) is 55.1 Å². The van der Waals surface area contributed by atoms with E-state index in [1.807, 2.05) is 36.6 Å². The zero-order valence-corrected chi connectivity index (χ0v) is 22.9. The summed E-state index contributed by atoms with van der Waals surface area (Å²) >= 11 is 0. The predicted molar refractivity (Wildman–Crippen MR) is 153 cm³/mol. The zero-order chi connectivity index (χ0) is 29.1. The number of ether oxygens (including phenoxy) is 1. The number of para-hydroxylation sites is 1. The SMILES string of the molecule is CC(C)c1c(C(=O)Nc2ccccc2)c(-c2ccnc(N)n2)c(-c2ccc(F)cc2)n1CC[C@H]1C[C@H](O)CC(=O)O1. The number of anilines is 2. The van der Waals surface area contributed by atoms with E-state index in [0.717, 1.165) is 5.69 Å². The number of carbonyl (C=O) groups excluding carboxylic acids is 2. The smallest absolute Gasteiger partial charge is 0.308 e. The number of cyclic esters (lactones) is 1. The molecule has 1 amide bonds. The number of hydrogen-bond donors (Lipinski definition) is 3. The van der Waals surface area contributed by atoms with Crippen LogP contribution in [0, 0.1) is 5.82 Å². The maximum atomic E-state index is 14.1. The van der Waals surface area contributed by atoms with Gasteiger partial charge < -0.3 is 25.5 Å². The lowest BCUT2D eigenvalue weighted by Crippen LogP contribution is -2.33. The fraction of sp³-hybridized carbons (Fsp3) is 0.290. The molecule has 2 atom stereocenters. The van der Waals surface area contributed by atoms with Crippen LogP contribution in [-0.2, 0) is 16.1 Å². The van der Waals surface area contributed by atoms with Crippen LogP contribution in [0.5, 0.6) is 0 Å². The first-order valence-corrected chi connectivity index (χ1v) is 13.6. The van der Waals surface area contributed by atoms with Gasteiger partial charge in [-0.1, -0.05) is 32.0 Å². The Bertz CT molecular complexity index is 1550. The summed E-state index contributed by atoms with van der Waals surface area (Å²) < 4.78 is 21.6. The van der Waals surface area contributed by atoms with E-state index in [1.54, 1.807) is 30.3 Å². The Morgan fingerprint density at radius 2 is 1.90 bits per heavy atom. The molecular weight excluding hydrogens is 525 g/mol. The average Bonchev–Trinajstić information content (AvgIpc) is 3.28. The van der Waals surface area contributed by atoms with Gasteiger partial charge in [-0.05, 0) is 53.9 Å². The van der Waals surface area contributed by atoms with Crippen LogP contribution in [0.25, 0.3) is 22.5 Å². The molecule has 1 fully saturated rings. The molecule has 10 heteroatoms. The van der Waals surface area contributed by atoms with Crippen molar-refractivity contribution in [3.05, 3.63) is 83.9 Å².